The van der Waals surface area contributed by atoms with Crippen LogP contribution in [0.4, 0.5) is 0 Å². The van der Waals surface area contributed by atoms with Crippen molar-refractivity contribution in [1.82, 2.24) is 19.5 Å². The summed E-state index contributed by atoms with van der Waals surface area (Å²) in [4.78, 5) is 12.0. The van der Waals surface area contributed by atoms with E-state index in [2.05, 4.69) is 21.9 Å². The van der Waals surface area contributed by atoms with Crippen LogP contribution < -0.4 is 0 Å². The van der Waals surface area contributed by atoms with Gasteiger partial charge in [-0.3, -0.25) is 0 Å². The third-order valence-electron chi connectivity index (χ3n) is 2.63. The third-order valence-corrected chi connectivity index (χ3v) is 2.63. The average molecular weight is 220 g/mol. The number of unbranched alkanes of at least 4 members (excludes halogenated alkanes) is 3. The van der Waals surface area contributed by atoms with Crippen LogP contribution in [0, 0.1) is 0 Å². The molecule has 0 spiro atoms. The van der Waals surface area contributed by atoms with E-state index in [0.717, 1.165) is 13.0 Å². The fourth-order valence-corrected chi connectivity index (χ4v) is 1.74. The van der Waals surface area contributed by atoms with Crippen LogP contribution in [0.25, 0.3) is 11.5 Å². The zero-order valence-corrected chi connectivity index (χ0v) is 9.43. The van der Waals surface area contributed by atoms with E-state index in [1.165, 1.54) is 25.6 Å². The monoisotopic (exact) mass is 220 g/mol. The Balaban J connectivity index is 2.07. The molecule has 0 saturated heterocycles. The molecule has 2 aliphatic rings. The predicted molar refractivity (Wildman–Crippen MR) is 60.2 cm³/mol. The minimum absolute atomic E-state index is 0.0442. The molecule has 0 aromatic rings. The molecule has 0 aromatic heterocycles. The van der Waals surface area contributed by atoms with E-state index >= 15 is 0 Å². The summed E-state index contributed by atoms with van der Waals surface area (Å²) in [5, 5.41) is 9.47. The highest BCUT2D eigenvalue weighted by atomic mass is 16.3. The second-order valence-electron chi connectivity index (χ2n) is 3.87. The highest BCUT2D eigenvalue weighted by molar-refractivity contribution is 5.56. The normalized spacial score (nSPS) is 11.1. The smallest absolute Gasteiger partial charge is 0.242 e. The van der Waals surface area contributed by atoms with E-state index in [4.69, 9.17) is 0 Å². The van der Waals surface area contributed by atoms with Crippen LogP contribution in [0.1, 0.15) is 32.6 Å². The van der Waals surface area contributed by atoms with Gasteiger partial charge in [0.2, 0.25) is 5.88 Å². The van der Waals surface area contributed by atoms with E-state index in [1.807, 2.05) is 4.57 Å². The Morgan fingerprint density at radius 3 is 2.88 bits per heavy atom. The molecule has 0 aromatic carbocycles. The summed E-state index contributed by atoms with van der Waals surface area (Å²) in [7, 11) is 0. The van der Waals surface area contributed by atoms with Gasteiger partial charge in [-0.25, -0.2) is 15.0 Å². The number of aromatic hydroxyl groups is 1. The van der Waals surface area contributed by atoms with Gasteiger partial charge in [-0.05, 0) is 6.42 Å². The van der Waals surface area contributed by atoms with Gasteiger partial charge in [0.05, 0.1) is 0 Å². The molecule has 86 valence electrons. The van der Waals surface area contributed by atoms with Gasteiger partial charge < -0.3 is 9.67 Å². The van der Waals surface area contributed by atoms with Gasteiger partial charge in [0.25, 0.3) is 0 Å². The first-order valence-electron chi connectivity index (χ1n) is 5.67. The first kappa shape index (κ1) is 10.9. The van der Waals surface area contributed by atoms with Gasteiger partial charge in [-0.2, -0.15) is 0 Å². The van der Waals surface area contributed by atoms with E-state index in [0.29, 0.717) is 11.5 Å². The molecule has 0 bridgehead atoms. The number of nitrogens with zero attached hydrogens (tertiary/aromatic N) is 4. The van der Waals surface area contributed by atoms with Crippen LogP contribution in [0.2, 0.25) is 0 Å². The Kier molecular flexibility index (Phi) is 3.34. The van der Waals surface area contributed by atoms with Gasteiger partial charge in [0.1, 0.15) is 12.7 Å². The van der Waals surface area contributed by atoms with Crippen LogP contribution >= 0.6 is 0 Å². The standard InChI is InChI=1S/C11H16N4O/c1-2-3-4-5-6-15-8-14-11(16)9-10(15)13-7-12-9/h7-8,16H,2-6H2,1H3. The fourth-order valence-electron chi connectivity index (χ4n) is 1.74. The van der Waals surface area contributed by atoms with Crippen molar-refractivity contribution >= 4 is 0 Å². The van der Waals surface area contributed by atoms with Crippen LogP contribution in [0.15, 0.2) is 12.7 Å². The Hall–Kier alpha value is -1.65. The lowest BCUT2D eigenvalue weighted by Gasteiger charge is -2.10. The van der Waals surface area contributed by atoms with E-state index in [-0.39, 0.29) is 5.88 Å². The molecule has 5 heteroatoms. The molecule has 0 fully saturated rings. The topological polar surface area (TPSA) is 63.8 Å². The lowest BCUT2D eigenvalue weighted by molar-refractivity contribution is 0.446. The highest BCUT2D eigenvalue weighted by Crippen LogP contribution is 2.24. The van der Waals surface area contributed by atoms with Crippen molar-refractivity contribution in [3.05, 3.63) is 12.7 Å². The Bertz CT molecular complexity index is 426. The fraction of sp³-hybridized carbons (Fsp3) is 0.545. The van der Waals surface area contributed by atoms with Crippen LogP contribution in [-0.4, -0.2) is 24.6 Å². The average Bonchev–Trinajstić information content (AvgIpc) is 2.77. The Morgan fingerprint density at radius 1 is 1.19 bits per heavy atom. The predicted octanol–water partition coefficient (Wildman–Crippen LogP) is 2.06. The van der Waals surface area contributed by atoms with Crippen LogP contribution in [0.5, 0.6) is 5.88 Å². The molecule has 0 saturated carbocycles. The summed E-state index contributed by atoms with van der Waals surface area (Å²) in [6.07, 6.45) is 7.87. The summed E-state index contributed by atoms with van der Waals surface area (Å²) in [5.74, 6) is 0.668. The number of aryl methyl sites for hydroxylation is 1. The molecular formula is C11H16N4O. The molecule has 0 atom stereocenters. The summed E-state index contributed by atoms with van der Waals surface area (Å²) in [6, 6.07) is 0. The second kappa shape index (κ2) is 4.92. The van der Waals surface area contributed by atoms with E-state index in [1.54, 1.807) is 6.33 Å². The molecule has 2 rings (SSSR count). The van der Waals surface area contributed by atoms with Crippen molar-refractivity contribution in [2.24, 2.45) is 0 Å². The number of imidazole rings is 1. The second-order valence-corrected chi connectivity index (χ2v) is 3.87. The maximum Gasteiger partial charge on any atom is 0.242 e. The van der Waals surface area contributed by atoms with Gasteiger partial charge >= 0.3 is 0 Å². The molecule has 16 heavy (non-hydrogen) atoms. The first-order valence-corrected chi connectivity index (χ1v) is 5.67. The quantitative estimate of drug-likeness (QED) is 0.783. The molecule has 2 heterocycles. The maximum atomic E-state index is 9.47. The Labute approximate surface area is 94.5 Å². The summed E-state index contributed by atoms with van der Waals surface area (Å²) in [5.41, 5.74) is 0.484. The number of hydrogen-bond acceptors (Lipinski definition) is 4. The van der Waals surface area contributed by atoms with Crippen molar-refractivity contribution in [1.29, 1.82) is 0 Å². The maximum absolute atomic E-state index is 9.47. The van der Waals surface area contributed by atoms with Crippen molar-refractivity contribution < 1.29 is 5.11 Å². The van der Waals surface area contributed by atoms with Crippen molar-refractivity contribution in [3.8, 4) is 17.4 Å². The molecule has 0 amide bonds. The van der Waals surface area contributed by atoms with Gasteiger partial charge in [0, 0.05) is 6.54 Å². The lowest BCUT2D eigenvalue weighted by atomic mass is 10.2. The summed E-state index contributed by atoms with van der Waals surface area (Å²) >= 11 is 0. The van der Waals surface area contributed by atoms with Crippen molar-refractivity contribution in [2.75, 3.05) is 0 Å². The number of rotatable bonds is 5. The molecule has 0 radical (unpaired) electrons. The van der Waals surface area contributed by atoms with Gasteiger partial charge in [0.15, 0.2) is 11.5 Å². The third kappa shape index (κ3) is 2.13. The van der Waals surface area contributed by atoms with E-state index in [9.17, 15) is 5.11 Å². The van der Waals surface area contributed by atoms with E-state index < -0.39 is 0 Å². The molecular weight excluding hydrogens is 204 g/mol. The minimum atomic E-state index is -0.0442. The minimum Gasteiger partial charge on any atom is -0.492 e. The number of aromatic nitrogens is 4. The zero-order chi connectivity index (χ0) is 11.4. The number of hydrogen-bond donors (Lipinski definition) is 1. The lowest BCUT2D eigenvalue weighted by Crippen LogP contribution is -2.05. The van der Waals surface area contributed by atoms with Gasteiger partial charge in [-0.15, -0.1) is 0 Å². The summed E-state index contributed by atoms with van der Waals surface area (Å²) < 4.78 is 1.94. The van der Waals surface area contributed by atoms with Crippen LogP contribution in [0.3, 0.4) is 0 Å². The molecule has 1 N–H and O–H groups in total. The van der Waals surface area contributed by atoms with Crippen LogP contribution in [-0.2, 0) is 6.54 Å². The van der Waals surface area contributed by atoms with Crippen molar-refractivity contribution in [2.45, 2.75) is 39.2 Å². The van der Waals surface area contributed by atoms with Gasteiger partial charge in [-0.1, -0.05) is 26.2 Å². The molecule has 2 aliphatic heterocycles. The molecule has 0 unspecified atom stereocenters. The first-order chi connectivity index (χ1) is 7.83. The highest BCUT2D eigenvalue weighted by Gasteiger charge is 2.15. The number of fused-ring (bicyclic) bond motifs is 1. The SMILES string of the molecule is CCCCCCn1cnc(O)c2ncnc1-2. The Morgan fingerprint density at radius 2 is 2.06 bits per heavy atom. The van der Waals surface area contributed by atoms with Crippen molar-refractivity contribution in [3.63, 3.8) is 0 Å². The largest absolute Gasteiger partial charge is 0.492 e. The molecule has 5 nitrogen and oxygen atoms in total. The summed E-state index contributed by atoms with van der Waals surface area (Å²) in [6.45, 7) is 3.07. The zero-order valence-electron chi connectivity index (χ0n) is 9.43. The molecule has 0 aliphatic carbocycles.